The van der Waals surface area contributed by atoms with Crippen LogP contribution in [0.3, 0.4) is 0 Å². The molecule has 0 saturated carbocycles. The molecule has 0 aromatic heterocycles. The van der Waals surface area contributed by atoms with Gasteiger partial charge >= 0.3 is 0 Å². The van der Waals surface area contributed by atoms with E-state index in [1.807, 2.05) is 0 Å². The first kappa shape index (κ1) is 23.0. The van der Waals surface area contributed by atoms with Crippen molar-refractivity contribution in [3.8, 4) is 11.1 Å². The van der Waals surface area contributed by atoms with E-state index in [4.69, 9.17) is 0 Å². The molecule has 2 aliphatic rings. The number of rotatable bonds is 4. The lowest BCUT2D eigenvalue weighted by atomic mass is 9.68. The molecule has 0 N–H and O–H groups in total. The average molecular weight is 489 g/mol. The second kappa shape index (κ2) is 8.17. The molecule has 5 aromatic rings. The molecule has 2 aliphatic carbocycles. The molecule has 0 amide bonds. The Kier molecular flexibility index (Phi) is 4.94. The summed E-state index contributed by atoms with van der Waals surface area (Å²) in [4.78, 5) is 0. The molecule has 0 atom stereocenters. The van der Waals surface area contributed by atoms with Crippen molar-refractivity contribution in [3.05, 3.63) is 142 Å². The third-order valence-corrected chi connectivity index (χ3v) is 8.82. The van der Waals surface area contributed by atoms with Gasteiger partial charge in [-0.25, -0.2) is 0 Å². The van der Waals surface area contributed by atoms with Gasteiger partial charge in [-0.1, -0.05) is 143 Å². The molecule has 7 rings (SSSR count). The summed E-state index contributed by atoms with van der Waals surface area (Å²) in [5.74, 6) is 0. The van der Waals surface area contributed by atoms with E-state index in [0.717, 1.165) is 0 Å². The Morgan fingerprint density at radius 2 is 0.974 bits per heavy atom. The summed E-state index contributed by atoms with van der Waals surface area (Å²) in [7, 11) is 0. The van der Waals surface area contributed by atoms with Gasteiger partial charge in [-0.2, -0.15) is 0 Å². The topological polar surface area (TPSA) is 0 Å². The van der Waals surface area contributed by atoms with Crippen molar-refractivity contribution in [1.29, 1.82) is 0 Å². The summed E-state index contributed by atoms with van der Waals surface area (Å²) in [6.07, 6.45) is 9.07. The van der Waals surface area contributed by atoms with Gasteiger partial charge in [0.25, 0.3) is 0 Å². The first-order valence-electron chi connectivity index (χ1n) is 13.6. The summed E-state index contributed by atoms with van der Waals surface area (Å²) >= 11 is 0. The Labute approximate surface area is 226 Å². The van der Waals surface area contributed by atoms with Gasteiger partial charge in [-0.05, 0) is 72.5 Å². The largest absolute Gasteiger partial charge is 0.0622 e. The summed E-state index contributed by atoms with van der Waals surface area (Å²) in [5, 5.41) is 2.79. The molecule has 0 heteroatoms. The molecule has 0 nitrogen and oxygen atoms in total. The lowest BCUT2D eigenvalue weighted by Crippen LogP contribution is -2.24. The quantitative estimate of drug-likeness (QED) is 0.221. The molecular weight excluding hydrogens is 456 g/mol. The average Bonchev–Trinajstić information content (AvgIpc) is 3.16. The van der Waals surface area contributed by atoms with Crippen molar-refractivity contribution >= 4 is 35.1 Å². The SMILES string of the molecule is CC1(C)c2cc(C=Cc3ccccc3)cc3c2-c2c1cc(C=Cc1ccccc1)c1cccc(c21)C3(C)C. The van der Waals surface area contributed by atoms with Gasteiger partial charge < -0.3 is 0 Å². The molecule has 5 aromatic carbocycles. The molecular formula is C38H32. The molecule has 0 spiro atoms. The van der Waals surface area contributed by atoms with Crippen molar-refractivity contribution < 1.29 is 0 Å². The van der Waals surface area contributed by atoms with Gasteiger partial charge in [0, 0.05) is 10.8 Å². The highest BCUT2D eigenvalue weighted by atomic mass is 14.5. The van der Waals surface area contributed by atoms with Gasteiger partial charge in [-0.15, -0.1) is 0 Å². The van der Waals surface area contributed by atoms with E-state index < -0.39 is 0 Å². The minimum atomic E-state index is -0.0906. The number of benzene rings is 5. The Morgan fingerprint density at radius 1 is 0.447 bits per heavy atom. The van der Waals surface area contributed by atoms with Crippen LogP contribution < -0.4 is 0 Å². The Balaban J connectivity index is 1.48. The zero-order chi connectivity index (χ0) is 26.1. The maximum atomic E-state index is 2.46. The van der Waals surface area contributed by atoms with Crippen LogP contribution in [-0.2, 0) is 10.8 Å². The molecule has 0 heterocycles. The van der Waals surface area contributed by atoms with E-state index in [1.54, 1.807) is 0 Å². The van der Waals surface area contributed by atoms with Crippen LogP contribution in [0.4, 0.5) is 0 Å². The maximum Gasteiger partial charge on any atom is 0.0159 e. The van der Waals surface area contributed by atoms with E-state index in [9.17, 15) is 0 Å². The van der Waals surface area contributed by atoms with Gasteiger partial charge in [0.05, 0.1) is 0 Å². The fourth-order valence-electron chi connectivity index (χ4n) is 6.73. The lowest BCUT2D eigenvalue weighted by molar-refractivity contribution is 0.639. The van der Waals surface area contributed by atoms with Crippen molar-refractivity contribution in [2.75, 3.05) is 0 Å². The van der Waals surface area contributed by atoms with Crippen LogP contribution in [0.15, 0.2) is 97.1 Å². The third-order valence-electron chi connectivity index (χ3n) is 8.82. The first-order valence-corrected chi connectivity index (χ1v) is 13.6. The monoisotopic (exact) mass is 488 g/mol. The van der Waals surface area contributed by atoms with Crippen LogP contribution in [0.5, 0.6) is 0 Å². The smallest absolute Gasteiger partial charge is 0.0159 e. The summed E-state index contributed by atoms with van der Waals surface area (Å²) < 4.78 is 0. The first-order chi connectivity index (χ1) is 18.4. The lowest BCUT2D eigenvalue weighted by Gasteiger charge is -2.35. The third kappa shape index (κ3) is 3.30. The summed E-state index contributed by atoms with van der Waals surface area (Å²) in [6, 6.07) is 35.5. The Bertz CT molecular complexity index is 1780. The molecule has 0 unspecified atom stereocenters. The van der Waals surface area contributed by atoms with E-state index in [-0.39, 0.29) is 10.8 Å². The second-order valence-electron chi connectivity index (χ2n) is 11.8. The molecule has 0 radical (unpaired) electrons. The van der Waals surface area contributed by atoms with E-state index in [2.05, 4.69) is 149 Å². The van der Waals surface area contributed by atoms with Crippen LogP contribution in [0.2, 0.25) is 0 Å². The van der Waals surface area contributed by atoms with Crippen LogP contribution in [0.1, 0.15) is 72.2 Å². The van der Waals surface area contributed by atoms with E-state index in [0.29, 0.717) is 0 Å². The van der Waals surface area contributed by atoms with Crippen LogP contribution in [0.25, 0.3) is 46.2 Å². The molecule has 0 saturated heterocycles. The van der Waals surface area contributed by atoms with Crippen molar-refractivity contribution in [2.45, 2.75) is 38.5 Å². The maximum absolute atomic E-state index is 2.46. The normalized spacial score (nSPS) is 16.1. The van der Waals surface area contributed by atoms with Crippen molar-refractivity contribution in [3.63, 3.8) is 0 Å². The van der Waals surface area contributed by atoms with Crippen LogP contribution in [-0.4, -0.2) is 0 Å². The van der Waals surface area contributed by atoms with E-state index >= 15 is 0 Å². The molecule has 184 valence electrons. The van der Waals surface area contributed by atoms with Gasteiger partial charge in [0.2, 0.25) is 0 Å². The van der Waals surface area contributed by atoms with Crippen molar-refractivity contribution in [2.24, 2.45) is 0 Å². The van der Waals surface area contributed by atoms with Gasteiger partial charge in [0.1, 0.15) is 0 Å². The summed E-state index contributed by atoms with van der Waals surface area (Å²) in [6.45, 7) is 9.62. The molecule has 0 fully saturated rings. The van der Waals surface area contributed by atoms with Gasteiger partial charge in [0.15, 0.2) is 0 Å². The van der Waals surface area contributed by atoms with Crippen LogP contribution >= 0.6 is 0 Å². The predicted octanol–water partition coefficient (Wildman–Crippen LogP) is 10.1. The zero-order valence-electron chi connectivity index (χ0n) is 22.5. The standard InChI is InChI=1S/C38H32/c1-37(2)30-17-11-16-29-28(21-20-26-14-9-6-10-15-26)24-33-36(34(29)30)35-31(37)22-27(23-32(35)38(33,3)4)19-18-25-12-7-5-8-13-25/h5-24H,1-4H3. The fourth-order valence-corrected chi connectivity index (χ4v) is 6.73. The number of hydrogen-bond donors (Lipinski definition) is 0. The molecule has 38 heavy (non-hydrogen) atoms. The summed E-state index contributed by atoms with van der Waals surface area (Å²) in [5.41, 5.74) is 13.6. The predicted molar refractivity (Wildman–Crippen MR) is 164 cm³/mol. The zero-order valence-corrected chi connectivity index (χ0v) is 22.5. The fraction of sp³-hybridized carbons (Fsp3) is 0.158. The second-order valence-corrected chi connectivity index (χ2v) is 11.8. The minimum Gasteiger partial charge on any atom is -0.0622 e. The van der Waals surface area contributed by atoms with Crippen molar-refractivity contribution in [1.82, 2.24) is 0 Å². The van der Waals surface area contributed by atoms with Gasteiger partial charge in [-0.3, -0.25) is 0 Å². The highest BCUT2D eigenvalue weighted by Gasteiger charge is 2.45. The molecule has 0 bridgehead atoms. The highest BCUT2D eigenvalue weighted by molar-refractivity contribution is 6.11. The van der Waals surface area contributed by atoms with E-state index in [1.165, 1.54) is 66.4 Å². The van der Waals surface area contributed by atoms with Crippen LogP contribution in [0, 0.1) is 0 Å². The number of hydrogen-bond acceptors (Lipinski definition) is 0. The highest BCUT2D eigenvalue weighted by Crippen LogP contribution is 2.60. The minimum absolute atomic E-state index is 0.0763. The Morgan fingerprint density at radius 3 is 1.61 bits per heavy atom. The Hall–Kier alpha value is -4.16. The molecule has 0 aliphatic heterocycles.